The summed E-state index contributed by atoms with van der Waals surface area (Å²) in [5, 5.41) is 0. The fourth-order valence-electron chi connectivity index (χ4n) is 0.972. The van der Waals surface area contributed by atoms with Gasteiger partial charge in [-0.15, -0.1) is 6.58 Å². The van der Waals surface area contributed by atoms with Crippen molar-refractivity contribution in [2.24, 2.45) is 5.73 Å². The molecule has 0 saturated heterocycles. The predicted molar refractivity (Wildman–Crippen MR) is 48.5 cm³/mol. The van der Waals surface area contributed by atoms with Gasteiger partial charge in [-0.1, -0.05) is 6.08 Å². The van der Waals surface area contributed by atoms with E-state index < -0.39 is 0 Å². The molecule has 0 aliphatic heterocycles. The Morgan fingerprint density at radius 1 is 1.64 bits per heavy atom. The van der Waals surface area contributed by atoms with Gasteiger partial charge >= 0.3 is 0 Å². The second-order valence-electron chi connectivity index (χ2n) is 2.91. The van der Waals surface area contributed by atoms with Crippen LogP contribution in [0.2, 0.25) is 0 Å². The summed E-state index contributed by atoms with van der Waals surface area (Å²) in [7, 11) is 1.71. The van der Waals surface area contributed by atoms with Crippen molar-refractivity contribution in [1.29, 1.82) is 0 Å². The van der Waals surface area contributed by atoms with Gasteiger partial charge in [0.1, 0.15) is 0 Å². The average Bonchev–Trinajstić information content (AvgIpc) is 2.00. The third kappa shape index (κ3) is 6.07. The minimum absolute atomic E-state index is 0.253. The van der Waals surface area contributed by atoms with E-state index in [1.54, 1.807) is 7.11 Å². The number of hydrogen-bond donors (Lipinski definition) is 1. The Balaban J connectivity index is 3.34. The number of methoxy groups -OCH3 is 1. The molecule has 0 saturated carbocycles. The SMILES string of the molecule is C=CCCC(N)CC(C)OC. The summed E-state index contributed by atoms with van der Waals surface area (Å²) in [4.78, 5) is 0. The molecule has 0 amide bonds. The lowest BCUT2D eigenvalue weighted by atomic mass is 10.1. The Morgan fingerprint density at radius 2 is 2.27 bits per heavy atom. The van der Waals surface area contributed by atoms with E-state index >= 15 is 0 Å². The molecule has 0 aromatic carbocycles. The molecule has 0 fully saturated rings. The molecular formula is C9H19NO. The molecule has 2 heteroatoms. The molecule has 0 aliphatic carbocycles. The maximum absolute atomic E-state index is 5.81. The molecule has 11 heavy (non-hydrogen) atoms. The van der Waals surface area contributed by atoms with E-state index in [0.717, 1.165) is 19.3 Å². The molecule has 66 valence electrons. The summed E-state index contributed by atoms with van der Waals surface area (Å²) in [5.41, 5.74) is 5.81. The fourth-order valence-corrected chi connectivity index (χ4v) is 0.972. The van der Waals surface area contributed by atoms with E-state index in [9.17, 15) is 0 Å². The lowest BCUT2D eigenvalue weighted by molar-refractivity contribution is 0.104. The van der Waals surface area contributed by atoms with E-state index in [2.05, 4.69) is 6.58 Å². The number of hydrogen-bond acceptors (Lipinski definition) is 2. The molecule has 0 radical (unpaired) electrons. The molecule has 2 nitrogen and oxygen atoms in total. The molecule has 0 bridgehead atoms. The van der Waals surface area contributed by atoms with Gasteiger partial charge in [0.05, 0.1) is 6.10 Å². The maximum Gasteiger partial charge on any atom is 0.0558 e. The molecule has 2 atom stereocenters. The zero-order chi connectivity index (χ0) is 8.69. The van der Waals surface area contributed by atoms with Crippen molar-refractivity contribution in [3.8, 4) is 0 Å². The highest BCUT2D eigenvalue weighted by Gasteiger charge is 2.06. The van der Waals surface area contributed by atoms with E-state index in [0.29, 0.717) is 0 Å². The highest BCUT2D eigenvalue weighted by atomic mass is 16.5. The van der Waals surface area contributed by atoms with Gasteiger partial charge in [0.25, 0.3) is 0 Å². The minimum Gasteiger partial charge on any atom is -0.382 e. The summed E-state index contributed by atoms with van der Waals surface area (Å²) < 4.78 is 5.09. The Kier molecular flexibility index (Phi) is 6.18. The first kappa shape index (κ1) is 10.7. The molecule has 0 rings (SSSR count). The highest BCUT2D eigenvalue weighted by Crippen LogP contribution is 2.04. The smallest absolute Gasteiger partial charge is 0.0558 e. The summed E-state index contributed by atoms with van der Waals surface area (Å²) in [6.07, 6.45) is 5.12. The average molecular weight is 157 g/mol. The third-order valence-electron chi connectivity index (χ3n) is 1.78. The van der Waals surface area contributed by atoms with Gasteiger partial charge in [0.2, 0.25) is 0 Å². The largest absolute Gasteiger partial charge is 0.382 e. The van der Waals surface area contributed by atoms with Crippen molar-refractivity contribution in [3.05, 3.63) is 12.7 Å². The van der Waals surface area contributed by atoms with Crippen LogP contribution in [0, 0.1) is 0 Å². The van der Waals surface area contributed by atoms with Crippen molar-refractivity contribution in [1.82, 2.24) is 0 Å². The zero-order valence-corrected chi connectivity index (χ0v) is 7.55. The molecule has 0 aromatic heterocycles. The molecule has 2 unspecified atom stereocenters. The summed E-state index contributed by atoms with van der Waals surface area (Å²) in [6, 6.07) is 0.253. The number of nitrogens with two attached hydrogens (primary N) is 1. The Morgan fingerprint density at radius 3 is 2.73 bits per heavy atom. The Bertz CT molecular complexity index is 104. The third-order valence-corrected chi connectivity index (χ3v) is 1.78. The van der Waals surface area contributed by atoms with Gasteiger partial charge in [-0.25, -0.2) is 0 Å². The molecule has 0 aliphatic rings. The second-order valence-corrected chi connectivity index (χ2v) is 2.91. The van der Waals surface area contributed by atoms with Crippen molar-refractivity contribution >= 4 is 0 Å². The standard InChI is InChI=1S/C9H19NO/c1-4-5-6-9(10)7-8(2)11-3/h4,8-9H,1,5-7,10H2,2-3H3. The van der Waals surface area contributed by atoms with Gasteiger partial charge in [-0.3, -0.25) is 0 Å². The zero-order valence-electron chi connectivity index (χ0n) is 7.55. The van der Waals surface area contributed by atoms with Crippen LogP contribution >= 0.6 is 0 Å². The first-order chi connectivity index (χ1) is 5.20. The first-order valence-electron chi connectivity index (χ1n) is 4.10. The van der Waals surface area contributed by atoms with Crippen molar-refractivity contribution in [2.45, 2.75) is 38.3 Å². The highest BCUT2D eigenvalue weighted by molar-refractivity contribution is 4.72. The van der Waals surface area contributed by atoms with E-state index in [-0.39, 0.29) is 12.1 Å². The molecule has 0 aromatic rings. The summed E-state index contributed by atoms with van der Waals surface area (Å²) in [5.74, 6) is 0. The Labute approximate surface area is 69.4 Å². The van der Waals surface area contributed by atoms with E-state index in [1.165, 1.54) is 0 Å². The van der Waals surface area contributed by atoms with E-state index in [4.69, 9.17) is 10.5 Å². The van der Waals surface area contributed by atoms with Crippen molar-refractivity contribution in [2.75, 3.05) is 7.11 Å². The van der Waals surface area contributed by atoms with Crippen LogP contribution in [-0.4, -0.2) is 19.3 Å². The van der Waals surface area contributed by atoms with Crippen LogP contribution < -0.4 is 5.73 Å². The molecule has 2 N–H and O–H groups in total. The van der Waals surface area contributed by atoms with Crippen LogP contribution in [0.25, 0.3) is 0 Å². The van der Waals surface area contributed by atoms with Gasteiger partial charge in [0.15, 0.2) is 0 Å². The van der Waals surface area contributed by atoms with E-state index in [1.807, 2.05) is 13.0 Å². The lowest BCUT2D eigenvalue weighted by Gasteiger charge is -2.14. The van der Waals surface area contributed by atoms with Crippen LogP contribution in [-0.2, 0) is 4.74 Å². The van der Waals surface area contributed by atoms with Crippen molar-refractivity contribution < 1.29 is 4.74 Å². The van der Waals surface area contributed by atoms with Crippen LogP contribution in [0.15, 0.2) is 12.7 Å². The topological polar surface area (TPSA) is 35.2 Å². The maximum atomic E-state index is 5.81. The van der Waals surface area contributed by atoms with Gasteiger partial charge in [0, 0.05) is 13.2 Å². The van der Waals surface area contributed by atoms with Gasteiger partial charge < -0.3 is 10.5 Å². The quantitative estimate of drug-likeness (QED) is 0.596. The van der Waals surface area contributed by atoms with Crippen LogP contribution in [0.3, 0.4) is 0 Å². The second kappa shape index (κ2) is 6.38. The summed E-state index contributed by atoms with van der Waals surface area (Å²) >= 11 is 0. The predicted octanol–water partition coefficient (Wildman–Crippen LogP) is 1.70. The Hall–Kier alpha value is -0.340. The number of allylic oxidation sites excluding steroid dienone is 1. The van der Waals surface area contributed by atoms with Crippen LogP contribution in [0.4, 0.5) is 0 Å². The monoisotopic (exact) mass is 157 g/mol. The molecule has 0 spiro atoms. The van der Waals surface area contributed by atoms with Crippen molar-refractivity contribution in [3.63, 3.8) is 0 Å². The molecule has 0 heterocycles. The number of ether oxygens (including phenoxy) is 1. The van der Waals surface area contributed by atoms with Crippen LogP contribution in [0.1, 0.15) is 26.2 Å². The molecular weight excluding hydrogens is 138 g/mol. The number of rotatable bonds is 6. The van der Waals surface area contributed by atoms with Gasteiger partial charge in [-0.05, 0) is 26.2 Å². The van der Waals surface area contributed by atoms with Gasteiger partial charge in [-0.2, -0.15) is 0 Å². The normalized spacial score (nSPS) is 15.9. The fraction of sp³-hybridized carbons (Fsp3) is 0.778. The van der Waals surface area contributed by atoms with Crippen LogP contribution in [0.5, 0.6) is 0 Å². The summed E-state index contributed by atoms with van der Waals surface area (Å²) in [6.45, 7) is 5.68. The minimum atomic E-state index is 0.253. The first-order valence-corrected chi connectivity index (χ1v) is 4.10. The lowest BCUT2D eigenvalue weighted by Crippen LogP contribution is -2.25.